The molecule has 2 atom stereocenters. The van der Waals surface area contributed by atoms with Gasteiger partial charge in [0.1, 0.15) is 17.7 Å². The first-order valence-corrected chi connectivity index (χ1v) is 11.2. The van der Waals surface area contributed by atoms with Crippen LogP contribution in [0.4, 0.5) is 4.79 Å². The Labute approximate surface area is 184 Å². The fraction of sp³-hybridized carbons (Fsp3) is 0.625. The summed E-state index contributed by atoms with van der Waals surface area (Å²) in [5.74, 6) is -1.23. The molecule has 0 radical (unpaired) electrons. The summed E-state index contributed by atoms with van der Waals surface area (Å²) < 4.78 is 5.32. The Hall–Kier alpha value is -2.57. The first-order chi connectivity index (χ1) is 14.6. The SMILES string of the molecule is CC(C)(C)OC(=O)N[C@@H](CC1CCCCC1)C(=O)N[C@@H](CCc1ccccc1)C(=O)O. The van der Waals surface area contributed by atoms with Crippen molar-refractivity contribution >= 4 is 18.0 Å². The van der Waals surface area contributed by atoms with Crippen LogP contribution in [0.3, 0.4) is 0 Å². The quantitative estimate of drug-likeness (QED) is 0.546. The number of aryl methyl sites for hydroxylation is 1. The smallest absolute Gasteiger partial charge is 0.408 e. The number of aliphatic carboxylic acids is 1. The zero-order chi connectivity index (χ0) is 22.9. The lowest BCUT2D eigenvalue weighted by molar-refractivity contribution is -0.142. The predicted molar refractivity (Wildman–Crippen MR) is 119 cm³/mol. The van der Waals surface area contributed by atoms with Crippen molar-refractivity contribution in [3.05, 3.63) is 35.9 Å². The van der Waals surface area contributed by atoms with Crippen molar-refractivity contribution in [2.45, 2.75) is 89.8 Å². The molecule has 3 N–H and O–H groups in total. The zero-order valence-electron chi connectivity index (χ0n) is 18.9. The molecular formula is C24H36N2O5. The molecule has 0 unspecified atom stereocenters. The maximum Gasteiger partial charge on any atom is 0.408 e. The standard InChI is InChI=1S/C24H36N2O5/c1-24(2,3)31-23(30)26-20(16-18-12-8-5-9-13-18)21(27)25-19(22(28)29)15-14-17-10-6-4-7-11-17/h4,6-7,10-11,18-20H,5,8-9,12-16H2,1-3H3,(H,25,27)(H,26,30)(H,28,29)/t19-,20-/m0/s1. The molecule has 1 aliphatic carbocycles. The lowest BCUT2D eigenvalue weighted by Gasteiger charge is -2.28. The topological polar surface area (TPSA) is 105 Å². The van der Waals surface area contributed by atoms with Gasteiger partial charge in [0, 0.05) is 0 Å². The van der Waals surface area contributed by atoms with Gasteiger partial charge in [0.25, 0.3) is 0 Å². The van der Waals surface area contributed by atoms with E-state index in [0.717, 1.165) is 31.2 Å². The van der Waals surface area contributed by atoms with Gasteiger partial charge in [-0.15, -0.1) is 0 Å². The lowest BCUT2D eigenvalue weighted by Crippen LogP contribution is -2.53. The molecule has 1 fully saturated rings. The van der Waals surface area contributed by atoms with Gasteiger partial charge in [-0.3, -0.25) is 4.79 Å². The molecule has 0 aliphatic heterocycles. The Kier molecular flexibility index (Phi) is 9.34. The number of rotatable bonds is 9. The van der Waals surface area contributed by atoms with Gasteiger partial charge in [-0.1, -0.05) is 62.4 Å². The third-order valence-electron chi connectivity index (χ3n) is 5.48. The van der Waals surface area contributed by atoms with Crippen LogP contribution in [-0.2, 0) is 20.7 Å². The van der Waals surface area contributed by atoms with E-state index in [4.69, 9.17) is 4.74 Å². The summed E-state index contributed by atoms with van der Waals surface area (Å²) in [6, 6.07) is 7.70. The Bertz CT molecular complexity index is 723. The van der Waals surface area contributed by atoms with Crippen molar-refractivity contribution in [2.24, 2.45) is 5.92 Å². The molecule has 0 saturated heterocycles. The van der Waals surface area contributed by atoms with Gasteiger partial charge in [-0.25, -0.2) is 9.59 Å². The third-order valence-corrected chi connectivity index (χ3v) is 5.48. The molecule has 0 spiro atoms. The Morgan fingerprint density at radius 1 is 1.03 bits per heavy atom. The molecule has 1 aromatic carbocycles. The van der Waals surface area contributed by atoms with Gasteiger partial charge < -0.3 is 20.5 Å². The van der Waals surface area contributed by atoms with Crippen LogP contribution < -0.4 is 10.6 Å². The van der Waals surface area contributed by atoms with Crippen LogP contribution in [0, 0.1) is 5.92 Å². The molecule has 7 nitrogen and oxygen atoms in total. The van der Waals surface area contributed by atoms with Crippen molar-refractivity contribution < 1.29 is 24.2 Å². The monoisotopic (exact) mass is 432 g/mol. The van der Waals surface area contributed by atoms with Gasteiger partial charge in [0.2, 0.25) is 5.91 Å². The van der Waals surface area contributed by atoms with E-state index in [0.29, 0.717) is 18.8 Å². The second kappa shape index (κ2) is 11.7. The summed E-state index contributed by atoms with van der Waals surface area (Å²) >= 11 is 0. The molecule has 0 bridgehead atoms. The van der Waals surface area contributed by atoms with Crippen LogP contribution in [0.1, 0.15) is 71.3 Å². The van der Waals surface area contributed by atoms with Crippen molar-refractivity contribution in [2.75, 3.05) is 0 Å². The van der Waals surface area contributed by atoms with E-state index in [2.05, 4.69) is 10.6 Å². The summed E-state index contributed by atoms with van der Waals surface area (Å²) in [7, 11) is 0. The molecule has 172 valence electrons. The largest absolute Gasteiger partial charge is 0.480 e. The average molecular weight is 433 g/mol. The van der Waals surface area contributed by atoms with Crippen LogP contribution in [0.25, 0.3) is 0 Å². The predicted octanol–water partition coefficient (Wildman–Crippen LogP) is 4.05. The second-order valence-electron chi connectivity index (χ2n) is 9.36. The van der Waals surface area contributed by atoms with E-state index in [1.165, 1.54) is 6.42 Å². The summed E-state index contributed by atoms with van der Waals surface area (Å²) in [5, 5.41) is 14.9. The van der Waals surface area contributed by atoms with Crippen molar-refractivity contribution in [3.8, 4) is 0 Å². The fourth-order valence-electron chi connectivity index (χ4n) is 3.92. The number of hydrogen-bond acceptors (Lipinski definition) is 4. The maximum atomic E-state index is 13.0. The summed E-state index contributed by atoms with van der Waals surface area (Å²) in [5.41, 5.74) is 0.323. The minimum absolute atomic E-state index is 0.272. The summed E-state index contributed by atoms with van der Waals surface area (Å²) in [6.07, 6.45) is 6.05. The summed E-state index contributed by atoms with van der Waals surface area (Å²) in [6.45, 7) is 5.27. The number of alkyl carbamates (subject to hydrolysis) is 1. The van der Waals surface area contributed by atoms with E-state index in [9.17, 15) is 19.5 Å². The van der Waals surface area contributed by atoms with Crippen LogP contribution in [0.2, 0.25) is 0 Å². The Morgan fingerprint density at radius 2 is 1.68 bits per heavy atom. The molecule has 7 heteroatoms. The number of benzene rings is 1. The number of carbonyl (C=O) groups excluding carboxylic acids is 2. The van der Waals surface area contributed by atoms with Crippen molar-refractivity contribution in [3.63, 3.8) is 0 Å². The third kappa shape index (κ3) is 9.40. The van der Waals surface area contributed by atoms with Gasteiger partial charge in [-0.2, -0.15) is 0 Å². The molecule has 0 aromatic heterocycles. The molecule has 1 saturated carbocycles. The maximum absolute atomic E-state index is 13.0. The number of ether oxygens (including phenoxy) is 1. The van der Waals surface area contributed by atoms with E-state index in [-0.39, 0.29) is 6.42 Å². The van der Waals surface area contributed by atoms with E-state index >= 15 is 0 Å². The molecule has 1 aromatic rings. The van der Waals surface area contributed by atoms with E-state index < -0.39 is 35.7 Å². The van der Waals surface area contributed by atoms with Gasteiger partial charge in [-0.05, 0) is 51.5 Å². The molecule has 2 amide bonds. The highest BCUT2D eigenvalue weighted by molar-refractivity contribution is 5.89. The highest BCUT2D eigenvalue weighted by Crippen LogP contribution is 2.27. The Balaban J connectivity index is 2.03. The van der Waals surface area contributed by atoms with Crippen molar-refractivity contribution in [1.29, 1.82) is 0 Å². The van der Waals surface area contributed by atoms with Crippen LogP contribution in [0.5, 0.6) is 0 Å². The molecule has 0 heterocycles. The first-order valence-electron chi connectivity index (χ1n) is 11.2. The van der Waals surface area contributed by atoms with Gasteiger partial charge in [0.05, 0.1) is 0 Å². The van der Waals surface area contributed by atoms with Crippen LogP contribution >= 0.6 is 0 Å². The zero-order valence-corrected chi connectivity index (χ0v) is 18.9. The first kappa shape index (κ1) is 24.7. The molecular weight excluding hydrogens is 396 g/mol. The number of carboxylic acid groups (broad SMARTS) is 1. The average Bonchev–Trinajstić information content (AvgIpc) is 2.70. The van der Waals surface area contributed by atoms with Crippen molar-refractivity contribution in [1.82, 2.24) is 10.6 Å². The molecule has 31 heavy (non-hydrogen) atoms. The van der Waals surface area contributed by atoms with Gasteiger partial charge >= 0.3 is 12.1 Å². The number of amides is 2. The summed E-state index contributed by atoms with van der Waals surface area (Å²) in [4.78, 5) is 37.1. The number of nitrogens with one attached hydrogen (secondary N) is 2. The van der Waals surface area contributed by atoms with Crippen LogP contribution in [0.15, 0.2) is 30.3 Å². The lowest BCUT2D eigenvalue weighted by atomic mass is 9.84. The highest BCUT2D eigenvalue weighted by atomic mass is 16.6. The second-order valence-corrected chi connectivity index (χ2v) is 9.36. The normalized spacial score (nSPS) is 16.7. The number of hydrogen-bond donors (Lipinski definition) is 3. The molecule has 1 aliphatic rings. The fourth-order valence-corrected chi connectivity index (χ4v) is 3.92. The number of carboxylic acids is 1. The van der Waals surface area contributed by atoms with Crippen LogP contribution in [-0.4, -0.2) is 40.8 Å². The highest BCUT2D eigenvalue weighted by Gasteiger charge is 2.30. The molecule has 2 rings (SSSR count). The van der Waals surface area contributed by atoms with E-state index in [1.54, 1.807) is 20.8 Å². The van der Waals surface area contributed by atoms with E-state index in [1.807, 2.05) is 30.3 Å². The number of carbonyl (C=O) groups is 3. The minimum Gasteiger partial charge on any atom is -0.480 e. The minimum atomic E-state index is -1.09. The van der Waals surface area contributed by atoms with Gasteiger partial charge in [0.15, 0.2) is 0 Å². The Morgan fingerprint density at radius 3 is 2.26 bits per heavy atom.